The van der Waals surface area contributed by atoms with Gasteiger partial charge >= 0.3 is 0 Å². The van der Waals surface area contributed by atoms with Gasteiger partial charge in [0.15, 0.2) is 0 Å². The molecule has 0 aliphatic rings. The van der Waals surface area contributed by atoms with E-state index in [2.05, 4.69) is 10.2 Å². The minimum atomic E-state index is -0.435. The predicted octanol–water partition coefficient (Wildman–Crippen LogP) is 3.79. The summed E-state index contributed by atoms with van der Waals surface area (Å²) < 4.78 is 18.6. The minimum absolute atomic E-state index is 0.101. The summed E-state index contributed by atoms with van der Waals surface area (Å²) in [5.74, 6) is 0.413. The number of hydrogen-bond acceptors (Lipinski definition) is 3. The predicted molar refractivity (Wildman–Crippen MR) is 64.6 cm³/mol. The van der Waals surface area contributed by atoms with E-state index in [9.17, 15) is 4.39 Å². The Balaban J connectivity index is 0.000000686. The smallest absolute Gasteiger partial charge is 0.221 e. The SMILES string of the molecule is CC.Cc1nnc(Cc2cccc(Cl)c2F)o1. The first-order valence-corrected chi connectivity index (χ1v) is 5.76. The number of aryl methyl sites for hydroxylation is 1. The van der Waals surface area contributed by atoms with Crippen molar-refractivity contribution in [1.29, 1.82) is 0 Å². The third-order valence-corrected chi connectivity index (χ3v) is 2.23. The van der Waals surface area contributed by atoms with Gasteiger partial charge in [-0.15, -0.1) is 10.2 Å². The van der Waals surface area contributed by atoms with E-state index in [0.717, 1.165) is 0 Å². The first-order chi connectivity index (χ1) is 8.16. The van der Waals surface area contributed by atoms with Crippen LogP contribution in [0.25, 0.3) is 0 Å². The molecule has 1 aromatic carbocycles. The normalized spacial score (nSPS) is 9.71. The first kappa shape index (κ1) is 13.6. The lowest BCUT2D eigenvalue weighted by molar-refractivity contribution is 0.473. The Morgan fingerprint density at radius 1 is 1.29 bits per heavy atom. The van der Waals surface area contributed by atoms with Crippen molar-refractivity contribution in [2.75, 3.05) is 0 Å². The highest BCUT2D eigenvalue weighted by Crippen LogP contribution is 2.19. The van der Waals surface area contributed by atoms with Crippen LogP contribution in [0.2, 0.25) is 5.02 Å². The van der Waals surface area contributed by atoms with Crippen molar-refractivity contribution in [3.05, 3.63) is 46.4 Å². The molecule has 0 fully saturated rings. The molecule has 0 radical (unpaired) electrons. The maximum Gasteiger partial charge on any atom is 0.221 e. The van der Waals surface area contributed by atoms with E-state index in [-0.39, 0.29) is 11.4 Å². The fourth-order valence-electron chi connectivity index (χ4n) is 1.26. The molecule has 2 rings (SSSR count). The number of aromatic nitrogens is 2. The molecule has 0 spiro atoms. The second-order valence-corrected chi connectivity index (χ2v) is 3.51. The summed E-state index contributed by atoms with van der Waals surface area (Å²) in [4.78, 5) is 0. The van der Waals surface area contributed by atoms with Gasteiger partial charge in [-0.3, -0.25) is 0 Å². The fourth-order valence-corrected chi connectivity index (χ4v) is 1.45. The van der Waals surface area contributed by atoms with Gasteiger partial charge in [0.2, 0.25) is 11.8 Å². The minimum Gasteiger partial charge on any atom is -0.425 e. The second kappa shape index (κ2) is 6.35. The Bertz CT molecular complexity index is 485. The highest BCUT2D eigenvalue weighted by atomic mass is 35.5. The molecule has 0 atom stereocenters. The topological polar surface area (TPSA) is 38.9 Å². The van der Waals surface area contributed by atoms with Crippen molar-refractivity contribution in [2.24, 2.45) is 0 Å². The van der Waals surface area contributed by atoms with Crippen molar-refractivity contribution in [2.45, 2.75) is 27.2 Å². The zero-order valence-corrected chi connectivity index (χ0v) is 10.8. The van der Waals surface area contributed by atoms with Crippen LogP contribution in [0.4, 0.5) is 4.39 Å². The van der Waals surface area contributed by atoms with Crippen molar-refractivity contribution in [1.82, 2.24) is 10.2 Å². The van der Waals surface area contributed by atoms with Crippen molar-refractivity contribution in [3.63, 3.8) is 0 Å². The first-order valence-electron chi connectivity index (χ1n) is 5.38. The van der Waals surface area contributed by atoms with Crippen LogP contribution in [-0.4, -0.2) is 10.2 Å². The third-order valence-electron chi connectivity index (χ3n) is 1.94. The molecule has 0 unspecified atom stereocenters. The van der Waals surface area contributed by atoms with E-state index in [0.29, 0.717) is 17.3 Å². The van der Waals surface area contributed by atoms with Gasteiger partial charge in [0.25, 0.3) is 0 Å². The number of rotatable bonds is 2. The summed E-state index contributed by atoms with van der Waals surface area (Å²) in [6.07, 6.45) is 0.257. The Morgan fingerprint density at radius 2 is 2.00 bits per heavy atom. The standard InChI is InChI=1S/C10H8ClFN2O.C2H6/c1-6-13-14-9(15-6)5-7-3-2-4-8(11)10(7)12;1-2/h2-4H,5H2,1H3;1-2H3. The van der Waals surface area contributed by atoms with Gasteiger partial charge in [-0.1, -0.05) is 37.6 Å². The highest BCUT2D eigenvalue weighted by Gasteiger charge is 2.10. The summed E-state index contributed by atoms with van der Waals surface area (Å²) in [6, 6.07) is 4.82. The van der Waals surface area contributed by atoms with E-state index in [1.165, 1.54) is 6.07 Å². The zero-order valence-electron chi connectivity index (χ0n) is 10.00. The molecule has 0 bridgehead atoms. The molecule has 0 aliphatic carbocycles. The van der Waals surface area contributed by atoms with Gasteiger partial charge in [-0.2, -0.15) is 0 Å². The maximum atomic E-state index is 13.5. The number of benzene rings is 1. The molecule has 0 saturated carbocycles. The van der Waals surface area contributed by atoms with Crippen molar-refractivity contribution >= 4 is 11.6 Å². The van der Waals surface area contributed by atoms with E-state index in [1.807, 2.05) is 13.8 Å². The summed E-state index contributed by atoms with van der Waals surface area (Å²) in [6.45, 7) is 5.69. The number of nitrogens with zero attached hydrogens (tertiary/aromatic N) is 2. The van der Waals surface area contributed by atoms with Crippen molar-refractivity contribution in [3.8, 4) is 0 Å². The largest absolute Gasteiger partial charge is 0.425 e. The Morgan fingerprint density at radius 3 is 2.59 bits per heavy atom. The zero-order chi connectivity index (χ0) is 12.8. The quantitative estimate of drug-likeness (QED) is 0.821. The number of halogens is 2. The van der Waals surface area contributed by atoms with Crippen LogP contribution in [0.3, 0.4) is 0 Å². The molecule has 0 amide bonds. The summed E-state index contributed by atoms with van der Waals surface area (Å²) in [7, 11) is 0. The monoisotopic (exact) mass is 256 g/mol. The van der Waals surface area contributed by atoms with Crippen LogP contribution in [0.5, 0.6) is 0 Å². The molecule has 1 aromatic heterocycles. The Kier molecular flexibility index (Phi) is 5.10. The molecule has 0 saturated heterocycles. The third kappa shape index (κ3) is 3.53. The maximum absolute atomic E-state index is 13.5. The van der Waals surface area contributed by atoms with E-state index < -0.39 is 5.82 Å². The van der Waals surface area contributed by atoms with E-state index in [4.69, 9.17) is 16.0 Å². The summed E-state index contributed by atoms with van der Waals surface area (Å²) >= 11 is 5.64. The van der Waals surface area contributed by atoms with E-state index >= 15 is 0 Å². The average Bonchev–Trinajstić information content (AvgIpc) is 2.73. The van der Waals surface area contributed by atoms with Crippen LogP contribution in [0.15, 0.2) is 22.6 Å². The molecule has 3 nitrogen and oxygen atoms in total. The van der Waals surface area contributed by atoms with Gasteiger partial charge < -0.3 is 4.42 Å². The van der Waals surface area contributed by atoms with Gasteiger partial charge in [0.05, 0.1) is 11.4 Å². The fraction of sp³-hybridized carbons (Fsp3) is 0.333. The Labute approximate surface area is 105 Å². The van der Waals surface area contributed by atoms with Gasteiger partial charge in [-0.05, 0) is 11.6 Å². The lowest BCUT2D eigenvalue weighted by Crippen LogP contribution is -1.93. The van der Waals surface area contributed by atoms with E-state index in [1.54, 1.807) is 19.1 Å². The molecular weight excluding hydrogens is 243 g/mol. The van der Waals surface area contributed by atoms with Crippen LogP contribution < -0.4 is 0 Å². The molecule has 1 heterocycles. The molecule has 0 aliphatic heterocycles. The van der Waals surface area contributed by atoms with Crippen LogP contribution in [0, 0.1) is 12.7 Å². The second-order valence-electron chi connectivity index (χ2n) is 3.10. The van der Waals surface area contributed by atoms with Crippen LogP contribution in [0.1, 0.15) is 31.2 Å². The Hall–Kier alpha value is -1.42. The lowest BCUT2D eigenvalue weighted by atomic mass is 10.1. The highest BCUT2D eigenvalue weighted by molar-refractivity contribution is 6.30. The van der Waals surface area contributed by atoms with Gasteiger partial charge in [0, 0.05) is 6.92 Å². The lowest BCUT2D eigenvalue weighted by Gasteiger charge is -2.00. The molecule has 92 valence electrons. The molecule has 5 heteroatoms. The molecular formula is C12H14ClFN2O. The number of hydrogen-bond donors (Lipinski definition) is 0. The van der Waals surface area contributed by atoms with Gasteiger partial charge in [0.1, 0.15) is 5.82 Å². The van der Waals surface area contributed by atoms with Crippen LogP contribution >= 0.6 is 11.6 Å². The van der Waals surface area contributed by atoms with Crippen molar-refractivity contribution < 1.29 is 8.81 Å². The molecule has 17 heavy (non-hydrogen) atoms. The summed E-state index contributed by atoms with van der Waals surface area (Å²) in [5, 5.41) is 7.55. The molecule has 2 aromatic rings. The van der Waals surface area contributed by atoms with Crippen LogP contribution in [-0.2, 0) is 6.42 Å². The summed E-state index contributed by atoms with van der Waals surface area (Å²) in [5.41, 5.74) is 0.450. The average molecular weight is 257 g/mol. The molecule has 0 N–H and O–H groups in total. The van der Waals surface area contributed by atoms with Gasteiger partial charge in [-0.25, -0.2) is 4.39 Å².